The van der Waals surface area contributed by atoms with Crippen molar-refractivity contribution in [2.45, 2.75) is 13.5 Å². The Labute approximate surface area is 133 Å². The van der Waals surface area contributed by atoms with E-state index in [2.05, 4.69) is 4.98 Å². The Hall–Kier alpha value is -2.18. The lowest BCUT2D eigenvalue weighted by atomic mass is 10.2. The third-order valence-corrected chi connectivity index (χ3v) is 3.76. The molecule has 0 radical (unpaired) electrons. The standard InChI is InChI=1S/C16H18N2O3S/c1-12-17-14(11-22-12)10-21-15-7-4-13(5-8-15)6-9-16(19)18(2)20-3/h4-9,11H,10H2,1-3H3/b9-6+. The Morgan fingerprint density at radius 2 is 2.09 bits per heavy atom. The number of carbonyl (C=O) groups excluding carboxylic acids is 1. The fourth-order valence-corrected chi connectivity index (χ4v) is 2.27. The Morgan fingerprint density at radius 3 is 2.68 bits per heavy atom. The van der Waals surface area contributed by atoms with Gasteiger partial charge in [-0.15, -0.1) is 11.3 Å². The van der Waals surface area contributed by atoms with Gasteiger partial charge < -0.3 is 4.74 Å². The molecule has 116 valence electrons. The highest BCUT2D eigenvalue weighted by molar-refractivity contribution is 7.09. The van der Waals surface area contributed by atoms with Gasteiger partial charge in [0.25, 0.3) is 5.91 Å². The van der Waals surface area contributed by atoms with E-state index in [4.69, 9.17) is 9.57 Å². The molecule has 0 aliphatic rings. The molecule has 0 aliphatic carbocycles. The quantitative estimate of drug-likeness (QED) is 0.607. The highest BCUT2D eigenvalue weighted by Crippen LogP contribution is 2.16. The zero-order valence-electron chi connectivity index (χ0n) is 12.8. The van der Waals surface area contributed by atoms with Crippen LogP contribution in [-0.4, -0.2) is 30.1 Å². The Balaban J connectivity index is 1.90. The van der Waals surface area contributed by atoms with Crippen LogP contribution in [0.15, 0.2) is 35.7 Å². The number of aryl methyl sites for hydroxylation is 1. The molecule has 2 aromatic rings. The van der Waals surface area contributed by atoms with Gasteiger partial charge in [-0.05, 0) is 30.7 Å². The van der Waals surface area contributed by atoms with Gasteiger partial charge in [0.05, 0.1) is 17.8 Å². The van der Waals surface area contributed by atoms with Crippen molar-refractivity contribution < 1.29 is 14.4 Å². The molecule has 5 nitrogen and oxygen atoms in total. The molecule has 0 N–H and O–H groups in total. The summed E-state index contributed by atoms with van der Waals surface area (Å²) < 4.78 is 5.67. The van der Waals surface area contributed by atoms with E-state index in [1.807, 2.05) is 36.6 Å². The van der Waals surface area contributed by atoms with Crippen molar-refractivity contribution in [3.8, 4) is 5.75 Å². The summed E-state index contributed by atoms with van der Waals surface area (Å²) in [6.45, 7) is 2.42. The summed E-state index contributed by atoms with van der Waals surface area (Å²) in [5.74, 6) is 0.546. The summed E-state index contributed by atoms with van der Waals surface area (Å²) in [4.78, 5) is 20.7. The molecule has 1 heterocycles. The van der Waals surface area contributed by atoms with Gasteiger partial charge in [0.15, 0.2) is 0 Å². The SMILES string of the molecule is CON(C)C(=O)/C=C/c1ccc(OCc2csc(C)n2)cc1. The molecule has 1 amide bonds. The zero-order chi connectivity index (χ0) is 15.9. The number of rotatable bonds is 6. The predicted molar refractivity (Wildman–Crippen MR) is 86.4 cm³/mol. The molecule has 0 saturated heterocycles. The third kappa shape index (κ3) is 4.68. The summed E-state index contributed by atoms with van der Waals surface area (Å²) in [5.41, 5.74) is 1.84. The first kappa shape index (κ1) is 16.2. The van der Waals surface area contributed by atoms with Gasteiger partial charge in [-0.25, -0.2) is 10.0 Å². The molecule has 1 aromatic heterocycles. The van der Waals surface area contributed by atoms with Crippen molar-refractivity contribution in [3.05, 3.63) is 52.0 Å². The van der Waals surface area contributed by atoms with E-state index in [9.17, 15) is 4.79 Å². The predicted octanol–water partition coefficient (Wildman–Crippen LogP) is 3.06. The van der Waals surface area contributed by atoms with Gasteiger partial charge in [0, 0.05) is 18.5 Å². The lowest BCUT2D eigenvalue weighted by molar-refractivity contribution is -0.162. The number of hydrogen-bond acceptors (Lipinski definition) is 5. The molecule has 0 unspecified atom stereocenters. The normalized spacial score (nSPS) is 10.9. The number of carbonyl (C=O) groups is 1. The summed E-state index contributed by atoms with van der Waals surface area (Å²) >= 11 is 1.61. The molecule has 22 heavy (non-hydrogen) atoms. The van der Waals surface area contributed by atoms with Crippen LogP contribution < -0.4 is 4.74 Å². The van der Waals surface area contributed by atoms with E-state index in [1.54, 1.807) is 24.5 Å². The number of thiazole rings is 1. The van der Waals surface area contributed by atoms with Gasteiger partial charge in [-0.1, -0.05) is 12.1 Å². The molecule has 0 spiro atoms. The zero-order valence-corrected chi connectivity index (χ0v) is 13.6. The molecule has 2 rings (SSSR count). The second-order valence-corrected chi connectivity index (χ2v) is 5.63. The van der Waals surface area contributed by atoms with Crippen molar-refractivity contribution >= 4 is 23.3 Å². The minimum atomic E-state index is -0.221. The van der Waals surface area contributed by atoms with Crippen molar-refractivity contribution in [3.63, 3.8) is 0 Å². The fraction of sp³-hybridized carbons (Fsp3) is 0.250. The van der Waals surface area contributed by atoms with E-state index >= 15 is 0 Å². The largest absolute Gasteiger partial charge is 0.487 e. The van der Waals surface area contributed by atoms with Gasteiger partial charge in [-0.2, -0.15) is 0 Å². The number of hydrogen-bond donors (Lipinski definition) is 0. The minimum absolute atomic E-state index is 0.221. The number of nitrogens with zero attached hydrogens (tertiary/aromatic N) is 2. The second-order valence-electron chi connectivity index (χ2n) is 4.57. The maximum atomic E-state index is 11.6. The van der Waals surface area contributed by atoms with E-state index in [0.717, 1.165) is 27.1 Å². The average molecular weight is 318 g/mol. The first-order chi connectivity index (χ1) is 10.6. The van der Waals surface area contributed by atoms with E-state index in [-0.39, 0.29) is 5.91 Å². The minimum Gasteiger partial charge on any atom is -0.487 e. The monoisotopic (exact) mass is 318 g/mol. The number of aromatic nitrogens is 1. The molecule has 0 aliphatic heterocycles. The summed E-state index contributed by atoms with van der Waals surface area (Å²) in [5, 5.41) is 4.18. The lowest BCUT2D eigenvalue weighted by Gasteiger charge is -2.10. The van der Waals surface area contributed by atoms with E-state index < -0.39 is 0 Å². The maximum Gasteiger partial charge on any atom is 0.269 e. The van der Waals surface area contributed by atoms with Crippen LogP contribution in [0.25, 0.3) is 6.08 Å². The van der Waals surface area contributed by atoms with Crippen LogP contribution in [0.2, 0.25) is 0 Å². The summed E-state index contributed by atoms with van der Waals surface area (Å²) in [6.07, 6.45) is 3.18. The molecular formula is C16H18N2O3S. The summed E-state index contributed by atoms with van der Waals surface area (Å²) in [7, 11) is 3.01. The number of hydroxylamine groups is 2. The average Bonchev–Trinajstić information content (AvgIpc) is 2.96. The molecular weight excluding hydrogens is 300 g/mol. The third-order valence-electron chi connectivity index (χ3n) is 2.94. The summed E-state index contributed by atoms with van der Waals surface area (Å²) in [6, 6.07) is 7.50. The van der Waals surface area contributed by atoms with E-state index in [0.29, 0.717) is 6.61 Å². The van der Waals surface area contributed by atoms with E-state index in [1.165, 1.54) is 13.2 Å². The Morgan fingerprint density at radius 1 is 1.36 bits per heavy atom. The van der Waals surface area contributed by atoms with Crippen LogP contribution in [0.4, 0.5) is 0 Å². The van der Waals surface area contributed by atoms with Gasteiger partial charge >= 0.3 is 0 Å². The topological polar surface area (TPSA) is 51.7 Å². The van der Waals surface area contributed by atoms with Crippen LogP contribution >= 0.6 is 11.3 Å². The molecule has 0 fully saturated rings. The Bertz CT molecular complexity index is 650. The number of amides is 1. The first-order valence-electron chi connectivity index (χ1n) is 6.72. The van der Waals surface area contributed by atoms with Crippen LogP contribution in [0.5, 0.6) is 5.75 Å². The van der Waals surface area contributed by atoms with Crippen molar-refractivity contribution in [2.24, 2.45) is 0 Å². The molecule has 6 heteroatoms. The molecule has 0 atom stereocenters. The molecule has 1 aromatic carbocycles. The number of ether oxygens (including phenoxy) is 1. The lowest BCUT2D eigenvalue weighted by Crippen LogP contribution is -2.22. The van der Waals surface area contributed by atoms with Gasteiger partial charge in [0.1, 0.15) is 12.4 Å². The van der Waals surface area contributed by atoms with Crippen molar-refractivity contribution in [1.82, 2.24) is 10.0 Å². The van der Waals surface area contributed by atoms with Crippen LogP contribution in [0.3, 0.4) is 0 Å². The highest BCUT2D eigenvalue weighted by Gasteiger charge is 2.02. The first-order valence-corrected chi connectivity index (χ1v) is 7.60. The fourth-order valence-electron chi connectivity index (χ4n) is 1.67. The maximum absolute atomic E-state index is 11.6. The molecule has 0 bridgehead atoms. The Kier molecular flexibility index (Phi) is 5.68. The van der Waals surface area contributed by atoms with Gasteiger partial charge in [0.2, 0.25) is 0 Å². The highest BCUT2D eigenvalue weighted by atomic mass is 32.1. The number of likely N-dealkylation sites (N-methyl/N-ethyl adjacent to an activating group) is 1. The van der Waals surface area contributed by atoms with Gasteiger partial charge in [-0.3, -0.25) is 9.63 Å². The van der Waals surface area contributed by atoms with Crippen LogP contribution in [0, 0.1) is 6.92 Å². The molecule has 0 saturated carbocycles. The van der Waals surface area contributed by atoms with Crippen LogP contribution in [-0.2, 0) is 16.2 Å². The van der Waals surface area contributed by atoms with Crippen molar-refractivity contribution in [1.29, 1.82) is 0 Å². The number of benzene rings is 1. The second kappa shape index (κ2) is 7.72. The van der Waals surface area contributed by atoms with Crippen LogP contribution in [0.1, 0.15) is 16.3 Å². The van der Waals surface area contributed by atoms with Crippen molar-refractivity contribution in [2.75, 3.05) is 14.2 Å². The smallest absolute Gasteiger partial charge is 0.269 e.